The van der Waals surface area contributed by atoms with Crippen LogP contribution in [0.25, 0.3) is 0 Å². The van der Waals surface area contributed by atoms with E-state index in [0.29, 0.717) is 31.4 Å². The summed E-state index contributed by atoms with van der Waals surface area (Å²) in [6.45, 7) is 11.9. The van der Waals surface area contributed by atoms with Crippen molar-refractivity contribution in [2.24, 2.45) is 0 Å². The summed E-state index contributed by atoms with van der Waals surface area (Å²) in [6, 6.07) is 3.97. The van der Waals surface area contributed by atoms with Gasteiger partial charge in [0, 0.05) is 31.9 Å². The van der Waals surface area contributed by atoms with Crippen molar-refractivity contribution in [2.45, 2.75) is 26.8 Å². The molecule has 0 radical (unpaired) electrons. The molecule has 1 aromatic heterocycles. The maximum Gasteiger partial charge on any atom is 0.255 e. The van der Waals surface area contributed by atoms with Gasteiger partial charge in [-0.15, -0.1) is 0 Å². The van der Waals surface area contributed by atoms with Crippen molar-refractivity contribution >= 4 is 11.7 Å². The van der Waals surface area contributed by atoms with E-state index >= 15 is 0 Å². The number of anilines is 1. The van der Waals surface area contributed by atoms with E-state index in [0.717, 1.165) is 32.0 Å². The zero-order valence-corrected chi connectivity index (χ0v) is 14.4. The van der Waals surface area contributed by atoms with E-state index in [-0.39, 0.29) is 5.91 Å². The molecule has 1 N–H and O–H groups in total. The number of nitrogens with zero attached hydrogens (tertiary/aromatic N) is 3. The third-order valence-corrected chi connectivity index (χ3v) is 4.34. The molecule has 2 rings (SSSR count). The molecule has 6 heteroatoms. The topological polar surface area (TPSA) is 57.7 Å². The van der Waals surface area contributed by atoms with Gasteiger partial charge in [0.1, 0.15) is 5.82 Å². The van der Waals surface area contributed by atoms with Crippen molar-refractivity contribution in [1.82, 2.24) is 15.2 Å². The first-order valence-electron chi connectivity index (χ1n) is 8.47. The van der Waals surface area contributed by atoms with Crippen molar-refractivity contribution in [3.8, 4) is 0 Å². The Balaban J connectivity index is 2.02. The van der Waals surface area contributed by atoms with Crippen molar-refractivity contribution in [3.63, 3.8) is 0 Å². The Kier molecular flexibility index (Phi) is 6.80. The van der Waals surface area contributed by atoms with E-state index in [1.54, 1.807) is 6.20 Å². The first kappa shape index (κ1) is 17.7. The molecule has 0 saturated carbocycles. The molecule has 2 heterocycles. The van der Waals surface area contributed by atoms with Crippen LogP contribution in [-0.4, -0.2) is 67.8 Å². The second-order valence-corrected chi connectivity index (χ2v) is 5.75. The Morgan fingerprint density at radius 3 is 2.74 bits per heavy atom. The molecule has 23 heavy (non-hydrogen) atoms. The monoisotopic (exact) mass is 320 g/mol. The molecule has 1 aliphatic rings. The number of amides is 1. The maximum atomic E-state index is 12.6. The van der Waals surface area contributed by atoms with Gasteiger partial charge in [-0.2, -0.15) is 0 Å². The number of morpholine rings is 1. The lowest BCUT2D eigenvalue weighted by atomic mass is 10.2. The molecule has 1 aromatic rings. The second-order valence-electron chi connectivity index (χ2n) is 5.75. The lowest BCUT2D eigenvalue weighted by Crippen LogP contribution is -2.43. The first-order chi connectivity index (χ1) is 11.2. The number of likely N-dealkylation sites (N-methyl/N-ethyl adjacent to an activating group) is 1. The molecule has 0 bridgehead atoms. The van der Waals surface area contributed by atoms with Crippen LogP contribution in [0.5, 0.6) is 0 Å². The molecule has 0 unspecified atom stereocenters. The van der Waals surface area contributed by atoms with E-state index in [9.17, 15) is 4.79 Å². The third kappa shape index (κ3) is 4.65. The zero-order valence-electron chi connectivity index (χ0n) is 14.4. The number of hydrogen-bond donors (Lipinski definition) is 1. The van der Waals surface area contributed by atoms with Crippen molar-refractivity contribution in [3.05, 3.63) is 23.9 Å². The zero-order chi connectivity index (χ0) is 16.7. The number of pyridine rings is 1. The van der Waals surface area contributed by atoms with Crippen LogP contribution < -0.4 is 10.2 Å². The van der Waals surface area contributed by atoms with Crippen LogP contribution in [0.3, 0.4) is 0 Å². The summed E-state index contributed by atoms with van der Waals surface area (Å²) in [5.41, 5.74) is 0.640. The maximum absolute atomic E-state index is 12.6. The number of ether oxygens (including phenoxy) is 1. The van der Waals surface area contributed by atoms with E-state index in [2.05, 4.69) is 40.9 Å². The largest absolute Gasteiger partial charge is 0.378 e. The van der Waals surface area contributed by atoms with Gasteiger partial charge in [0.25, 0.3) is 5.91 Å². The van der Waals surface area contributed by atoms with Crippen LogP contribution in [0.2, 0.25) is 0 Å². The predicted octanol–water partition coefficient (Wildman–Crippen LogP) is 1.38. The fourth-order valence-corrected chi connectivity index (χ4v) is 2.91. The molecule has 6 nitrogen and oxygen atoms in total. The van der Waals surface area contributed by atoms with Gasteiger partial charge in [-0.3, -0.25) is 9.69 Å². The normalized spacial score (nSPS) is 16.4. The minimum atomic E-state index is -0.0569. The Hall–Kier alpha value is -1.66. The highest BCUT2D eigenvalue weighted by Gasteiger charge is 2.20. The third-order valence-electron chi connectivity index (χ3n) is 4.34. The van der Waals surface area contributed by atoms with Crippen LogP contribution in [0.4, 0.5) is 5.82 Å². The van der Waals surface area contributed by atoms with Crippen molar-refractivity contribution in [2.75, 3.05) is 50.8 Å². The number of aromatic nitrogens is 1. The Morgan fingerprint density at radius 2 is 2.09 bits per heavy atom. The predicted molar refractivity (Wildman–Crippen MR) is 92.0 cm³/mol. The van der Waals surface area contributed by atoms with Gasteiger partial charge in [0.05, 0.1) is 18.8 Å². The lowest BCUT2D eigenvalue weighted by Gasteiger charge is -2.29. The Morgan fingerprint density at radius 1 is 1.39 bits per heavy atom. The highest BCUT2D eigenvalue weighted by Crippen LogP contribution is 2.18. The minimum absolute atomic E-state index is 0.0569. The Labute approximate surface area is 138 Å². The summed E-state index contributed by atoms with van der Waals surface area (Å²) in [4.78, 5) is 21.4. The summed E-state index contributed by atoms with van der Waals surface area (Å²) < 4.78 is 5.38. The van der Waals surface area contributed by atoms with E-state index < -0.39 is 0 Å². The highest BCUT2D eigenvalue weighted by atomic mass is 16.5. The Bertz CT molecular complexity index is 499. The molecule has 1 fully saturated rings. The lowest BCUT2D eigenvalue weighted by molar-refractivity contribution is 0.0936. The molecule has 1 saturated heterocycles. The molecule has 0 aromatic carbocycles. The fourth-order valence-electron chi connectivity index (χ4n) is 2.91. The summed E-state index contributed by atoms with van der Waals surface area (Å²) in [5, 5.41) is 3.05. The van der Waals surface area contributed by atoms with E-state index in [1.807, 2.05) is 12.1 Å². The summed E-state index contributed by atoms with van der Waals surface area (Å²) in [7, 11) is 0. The quantitative estimate of drug-likeness (QED) is 0.822. The van der Waals surface area contributed by atoms with Gasteiger partial charge >= 0.3 is 0 Å². The van der Waals surface area contributed by atoms with E-state index in [1.165, 1.54) is 0 Å². The molecule has 1 atom stereocenters. The van der Waals surface area contributed by atoms with Crippen LogP contribution in [-0.2, 0) is 4.74 Å². The van der Waals surface area contributed by atoms with Gasteiger partial charge in [0.2, 0.25) is 0 Å². The smallest absolute Gasteiger partial charge is 0.255 e. The molecular weight excluding hydrogens is 292 g/mol. The second kappa shape index (κ2) is 8.84. The first-order valence-corrected chi connectivity index (χ1v) is 8.47. The highest BCUT2D eigenvalue weighted by molar-refractivity contribution is 5.98. The van der Waals surface area contributed by atoms with Crippen molar-refractivity contribution < 1.29 is 9.53 Å². The average molecular weight is 320 g/mol. The summed E-state index contributed by atoms with van der Waals surface area (Å²) in [5.74, 6) is 0.697. The van der Waals surface area contributed by atoms with Crippen LogP contribution >= 0.6 is 0 Å². The molecule has 128 valence electrons. The number of nitrogens with one attached hydrogen (secondary N) is 1. The van der Waals surface area contributed by atoms with Gasteiger partial charge in [0.15, 0.2) is 0 Å². The van der Waals surface area contributed by atoms with Crippen molar-refractivity contribution in [1.29, 1.82) is 0 Å². The van der Waals surface area contributed by atoms with Crippen LogP contribution in [0.15, 0.2) is 18.3 Å². The van der Waals surface area contributed by atoms with Crippen LogP contribution in [0, 0.1) is 0 Å². The number of rotatable bonds is 7. The number of hydrogen-bond acceptors (Lipinski definition) is 5. The summed E-state index contributed by atoms with van der Waals surface area (Å²) >= 11 is 0. The van der Waals surface area contributed by atoms with Crippen LogP contribution in [0.1, 0.15) is 31.1 Å². The summed E-state index contributed by atoms with van der Waals surface area (Å²) in [6.07, 6.45) is 1.74. The van der Waals surface area contributed by atoms with Gasteiger partial charge in [-0.25, -0.2) is 4.98 Å². The molecule has 1 aliphatic heterocycles. The molecule has 0 aliphatic carbocycles. The SMILES string of the molecule is CCN(CC)[C@@H](C)CNC(=O)c1cccnc1N1CCOCC1. The van der Waals surface area contributed by atoms with E-state index in [4.69, 9.17) is 4.74 Å². The number of carbonyl (C=O) groups is 1. The van der Waals surface area contributed by atoms with Gasteiger partial charge < -0.3 is 15.0 Å². The molecular formula is C17H28N4O2. The average Bonchev–Trinajstić information content (AvgIpc) is 2.61. The molecule has 1 amide bonds. The van der Waals surface area contributed by atoms with Gasteiger partial charge in [-0.05, 0) is 32.1 Å². The standard InChI is InChI=1S/C17H28N4O2/c1-4-20(5-2)14(3)13-19-17(22)15-7-6-8-18-16(15)21-9-11-23-12-10-21/h6-8,14H,4-5,9-13H2,1-3H3,(H,19,22)/t14-/m0/s1. The molecule has 0 spiro atoms. The number of carbonyl (C=O) groups excluding carboxylic acids is 1. The fraction of sp³-hybridized carbons (Fsp3) is 0.647. The van der Waals surface area contributed by atoms with Gasteiger partial charge in [-0.1, -0.05) is 13.8 Å². The minimum Gasteiger partial charge on any atom is -0.378 e.